The van der Waals surface area contributed by atoms with Crippen molar-refractivity contribution >= 4 is 0 Å². The van der Waals surface area contributed by atoms with Crippen LogP contribution in [0.2, 0.25) is 0 Å². The maximum atomic E-state index is 7.50. The molecule has 1 aromatic rings. The van der Waals surface area contributed by atoms with Gasteiger partial charge in [-0.15, -0.1) is 0 Å². The molecule has 1 aromatic carbocycles. The van der Waals surface area contributed by atoms with Gasteiger partial charge in [-0.1, -0.05) is 0 Å². The minimum absolute atomic E-state index is 0. The van der Waals surface area contributed by atoms with Gasteiger partial charge in [0, 0.05) is 0 Å². The van der Waals surface area contributed by atoms with E-state index in [1.807, 2.05) is 30.3 Å². The van der Waals surface area contributed by atoms with Crippen molar-refractivity contribution in [3.63, 3.8) is 0 Å². The van der Waals surface area contributed by atoms with Crippen LogP contribution in [0, 0.1) is 6.65 Å². The summed E-state index contributed by atoms with van der Waals surface area (Å²) in [5, 5.41) is 0. The van der Waals surface area contributed by atoms with Gasteiger partial charge < -0.3 is 0 Å². The molecule has 0 saturated heterocycles. The van der Waals surface area contributed by atoms with Gasteiger partial charge in [0.05, 0.1) is 0 Å². The van der Waals surface area contributed by atoms with Gasteiger partial charge in [-0.2, -0.15) is 18.2 Å². The van der Waals surface area contributed by atoms with Crippen LogP contribution in [0.4, 0.5) is 0 Å². The quantitative estimate of drug-likeness (QED) is 0.395. The minimum Gasteiger partial charge on any atom is -0.214 e. The fourth-order valence-electron chi connectivity index (χ4n) is 0.321. The van der Waals surface area contributed by atoms with E-state index in [1.54, 1.807) is 0 Å². The van der Waals surface area contributed by atoms with Gasteiger partial charge in [0.2, 0.25) is 0 Å². The molecule has 2 heteroatoms. The Kier molecular flexibility index (Phi) is 12.9. The van der Waals surface area contributed by atoms with Crippen LogP contribution in [0.1, 0.15) is 0 Å². The second kappa shape index (κ2) is 9.78. The average molecular weight is 152 g/mol. The van der Waals surface area contributed by atoms with Gasteiger partial charge in [0.1, 0.15) is 0 Å². The molecule has 0 aliphatic heterocycles. The van der Waals surface area contributed by atoms with Crippen molar-refractivity contribution in [2.45, 2.75) is 0 Å². The van der Waals surface area contributed by atoms with E-state index in [4.69, 9.17) is 4.65 Å². The van der Waals surface area contributed by atoms with Crippen LogP contribution in [0.5, 0.6) is 0 Å². The van der Waals surface area contributed by atoms with E-state index in [-0.39, 0.29) is 16.8 Å². The molecule has 0 N–H and O–H groups in total. The van der Waals surface area contributed by atoms with E-state index >= 15 is 0 Å². The third-order valence-electron chi connectivity index (χ3n) is 0.556. The Balaban J connectivity index is 0. The van der Waals surface area contributed by atoms with E-state index < -0.39 is 0 Å². The zero-order chi connectivity index (χ0) is 5.54. The molecule has 0 saturated carbocycles. The van der Waals surface area contributed by atoms with Crippen molar-refractivity contribution in [2.24, 2.45) is 0 Å². The fraction of sp³-hybridized carbons (Fsp3) is 0. The normalized spacial score (nSPS) is 5.25. The molecular weight excluding hydrogens is 147 g/mol. The summed E-state index contributed by atoms with van der Waals surface area (Å²) in [7, 11) is 0. The zero-order valence-corrected chi connectivity index (χ0v) is 5.17. The van der Waals surface area contributed by atoms with Crippen molar-refractivity contribution in [3.8, 4) is 0 Å². The van der Waals surface area contributed by atoms with Gasteiger partial charge in [0.25, 0.3) is 0 Å². The van der Waals surface area contributed by atoms with E-state index in [1.165, 1.54) is 0 Å². The van der Waals surface area contributed by atoms with Crippen molar-refractivity contribution in [2.75, 3.05) is 0 Å². The Bertz CT molecular complexity index is 92.1. The van der Waals surface area contributed by atoms with Crippen LogP contribution in [-0.2, 0) is 21.4 Å². The van der Waals surface area contributed by atoms with Gasteiger partial charge in [0.15, 0.2) is 0 Å². The summed E-state index contributed by atoms with van der Waals surface area (Å²) in [6.07, 6.45) is 0. The predicted octanol–water partition coefficient (Wildman–Crippen LogP) is 1.37. The van der Waals surface area contributed by atoms with Crippen molar-refractivity contribution in [3.05, 3.63) is 37.0 Å². The Morgan fingerprint density at radius 2 is 1.50 bits per heavy atom. The number of hydrogen-bond acceptors (Lipinski definition) is 0. The minimum atomic E-state index is 0. The standard InChI is InChI=1S/C5H5.CO.Co/c1-2-4-5-3-1;1-2;/h1-5H;;/q-1;;+3. The van der Waals surface area contributed by atoms with Crippen LogP contribution in [-0.4, -0.2) is 0 Å². The molecule has 0 aromatic heterocycles. The van der Waals surface area contributed by atoms with Crippen molar-refractivity contribution in [1.29, 1.82) is 0 Å². The maximum Gasteiger partial charge on any atom is 3.00 e. The molecule has 8 heavy (non-hydrogen) atoms. The third kappa shape index (κ3) is 5.60. The topological polar surface area (TPSA) is 19.9 Å². The largest absolute Gasteiger partial charge is 3.00 e. The summed E-state index contributed by atoms with van der Waals surface area (Å²) in [6.45, 7) is 4.50. The monoisotopic (exact) mass is 152 g/mol. The van der Waals surface area contributed by atoms with Crippen molar-refractivity contribution < 1.29 is 21.4 Å². The molecule has 0 spiro atoms. The average Bonchev–Trinajstić information content (AvgIpc) is 2.23. The summed E-state index contributed by atoms with van der Waals surface area (Å²) in [5.41, 5.74) is 0. The van der Waals surface area contributed by atoms with E-state index in [9.17, 15) is 0 Å². The first-order valence-electron chi connectivity index (χ1n) is 1.87. The van der Waals surface area contributed by atoms with Gasteiger partial charge in [-0.05, 0) is 0 Å². The van der Waals surface area contributed by atoms with E-state index in [0.29, 0.717) is 0 Å². The van der Waals surface area contributed by atoms with Gasteiger partial charge in [-0.25, -0.2) is 12.1 Å². The molecule has 0 amide bonds. The molecule has 0 aliphatic rings. The first-order chi connectivity index (χ1) is 3.50. The Labute approximate surface area is 59.0 Å². The first kappa shape index (κ1) is 10.6. The molecule has 42 valence electrons. The number of rotatable bonds is 0. The van der Waals surface area contributed by atoms with E-state index in [0.717, 1.165) is 0 Å². The molecule has 0 bridgehead atoms. The Hall–Kier alpha value is -0.404. The summed E-state index contributed by atoms with van der Waals surface area (Å²) in [4.78, 5) is 0. The zero-order valence-electron chi connectivity index (χ0n) is 4.13. The number of hydrogen-bond donors (Lipinski definition) is 0. The molecule has 0 unspecified atom stereocenters. The Morgan fingerprint density at radius 3 is 1.62 bits per heavy atom. The van der Waals surface area contributed by atoms with Crippen LogP contribution in [0.15, 0.2) is 30.3 Å². The second-order valence-corrected chi connectivity index (χ2v) is 0.962. The third-order valence-corrected chi connectivity index (χ3v) is 0.556. The van der Waals surface area contributed by atoms with Crippen LogP contribution in [0.3, 0.4) is 0 Å². The summed E-state index contributed by atoms with van der Waals surface area (Å²) < 4.78 is 7.50. The smallest absolute Gasteiger partial charge is 0.214 e. The molecule has 1 rings (SSSR count). The van der Waals surface area contributed by atoms with Crippen LogP contribution >= 0.6 is 0 Å². The summed E-state index contributed by atoms with van der Waals surface area (Å²) in [6, 6.07) is 10.0. The Morgan fingerprint density at radius 1 is 1.12 bits per heavy atom. The molecule has 0 fully saturated rings. The molecule has 0 aliphatic carbocycles. The molecule has 0 atom stereocenters. The van der Waals surface area contributed by atoms with Crippen LogP contribution < -0.4 is 0 Å². The summed E-state index contributed by atoms with van der Waals surface area (Å²) in [5.74, 6) is 0. The van der Waals surface area contributed by atoms with Gasteiger partial charge in [-0.3, -0.25) is 0 Å². The maximum absolute atomic E-state index is 7.50. The SMILES string of the molecule is [C-]#[O+].[Co+3].c1cc[cH-]c1. The molecule has 0 heterocycles. The molecule has 1 nitrogen and oxygen atoms in total. The first-order valence-corrected chi connectivity index (χ1v) is 1.87. The summed E-state index contributed by atoms with van der Waals surface area (Å²) >= 11 is 0. The second-order valence-electron chi connectivity index (χ2n) is 0.962. The predicted molar refractivity (Wildman–Crippen MR) is 26.0 cm³/mol. The van der Waals surface area contributed by atoms with E-state index in [2.05, 4.69) is 6.65 Å². The fourth-order valence-corrected chi connectivity index (χ4v) is 0.321. The van der Waals surface area contributed by atoms with Crippen molar-refractivity contribution in [1.82, 2.24) is 0 Å². The molecular formula is C6H5CoO+2. The molecule has 0 radical (unpaired) electrons. The van der Waals surface area contributed by atoms with Gasteiger partial charge >= 0.3 is 28.1 Å². The van der Waals surface area contributed by atoms with Crippen LogP contribution in [0.25, 0.3) is 0 Å².